The standard InChI is InChI=1S/C14H14N4O2/c1-9-12-13(16-8-17-14(12)20-18-9)15-7-10-4-3-5-11(6-10)19-2/h3-6,8H,7H2,1-2H3,(H,15,16,17). The molecule has 1 N–H and O–H groups in total. The zero-order chi connectivity index (χ0) is 13.9. The van der Waals surface area contributed by atoms with E-state index in [4.69, 9.17) is 9.26 Å². The molecule has 0 saturated heterocycles. The molecule has 0 unspecified atom stereocenters. The molecule has 0 atom stereocenters. The first-order valence-corrected chi connectivity index (χ1v) is 6.21. The second kappa shape index (κ2) is 5.16. The average molecular weight is 270 g/mol. The van der Waals surface area contributed by atoms with E-state index < -0.39 is 0 Å². The summed E-state index contributed by atoms with van der Waals surface area (Å²) in [6.45, 7) is 2.50. The van der Waals surface area contributed by atoms with Gasteiger partial charge in [-0.1, -0.05) is 17.3 Å². The monoisotopic (exact) mass is 270 g/mol. The Morgan fingerprint density at radius 1 is 1.30 bits per heavy atom. The smallest absolute Gasteiger partial charge is 0.263 e. The average Bonchev–Trinajstić information content (AvgIpc) is 2.88. The molecule has 0 spiro atoms. The number of nitrogens with one attached hydrogen (secondary N) is 1. The molecule has 0 aliphatic carbocycles. The number of aryl methyl sites for hydroxylation is 1. The van der Waals surface area contributed by atoms with Crippen molar-refractivity contribution in [1.82, 2.24) is 15.1 Å². The molecule has 3 rings (SSSR count). The summed E-state index contributed by atoms with van der Waals surface area (Å²) >= 11 is 0. The third kappa shape index (κ3) is 2.27. The second-order valence-electron chi connectivity index (χ2n) is 4.38. The lowest BCUT2D eigenvalue weighted by Gasteiger charge is -2.07. The SMILES string of the molecule is COc1cccc(CNc2ncnc3onc(C)c23)c1. The fraction of sp³-hybridized carbons (Fsp3) is 0.214. The molecule has 3 aromatic rings. The van der Waals surface area contributed by atoms with E-state index in [1.807, 2.05) is 31.2 Å². The second-order valence-corrected chi connectivity index (χ2v) is 4.38. The number of benzene rings is 1. The van der Waals surface area contributed by atoms with Crippen molar-refractivity contribution in [2.75, 3.05) is 12.4 Å². The molecule has 20 heavy (non-hydrogen) atoms. The van der Waals surface area contributed by atoms with E-state index in [1.165, 1.54) is 6.33 Å². The fourth-order valence-electron chi connectivity index (χ4n) is 2.02. The topological polar surface area (TPSA) is 73.1 Å². The van der Waals surface area contributed by atoms with Crippen LogP contribution in [0, 0.1) is 6.92 Å². The van der Waals surface area contributed by atoms with E-state index in [0.29, 0.717) is 12.3 Å². The van der Waals surface area contributed by atoms with Gasteiger partial charge in [-0.3, -0.25) is 0 Å². The highest BCUT2D eigenvalue weighted by Crippen LogP contribution is 2.23. The van der Waals surface area contributed by atoms with Gasteiger partial charge in [0.15, 0.2) is 0 Å². The van der Waals surface area contributed by atoms with Crippen molar-refractivity contribution in [2.24, 2.45) is 0 Å². The van der Waals surface area contributed by atoms with E-state index in [2.05, 4.69) is 20.4 Å². The number of aromatic nitrogens is 3. The van der Waals surface area contributed by atoms with Crippen LogP contribution >= 0.6 is 0 Å². The Hall–Kier alpha value is -2.63. The number of nitrogens with zero attached hydrogens (tertiary/aromatic N) is 3. The molecule has 0 aliphatic heterocycles. The normalized spacial score (nSPS) is 10.7. The van der Waals surface area contributed by atoms with Gasteiger partial charge in [0.2, 0.25) is 0 Å². The molecule has 2 aromatic heterocycles. The molecule has 1 aromatic carbocycles. The minimum absolute atomic E-state index is 0.491. The molecule has 0 radical (unpaired) electrons. The zero-order valence-corrected chi connectivity index (χ0v) is 11.3. The van der Waals surface area contributed by atoms with Gasteiger partial charge in [-0.25, -0.2) is 4.98 Å². The van der Waals surface area contributed by atoms with Crippen LogP contribution in [0.1, 0.15) is 11.3 Å². The zero-order valence-electron chi connectivity index (χ0n) is 11.3. The summed E-state index contributed by atoms with van der Waals surface area (Å²) in [5, 5.41) is 7.99. The van der Waals surface area contributed by atoms with Crippen molar-refractivity contribution in [3.63, 3.8) is 0 Å². The summed E-state index contributed by atoms with van der Waals surface area (Å²) in [6, 6.07) is 7.87. The third-order valence-corrected chi connectivity index (χ3v) is 3.04. The van der Waals surface area contributed by atoms with E-state index in [0.717, 1.165) is 28.2 Å². The summed E-state index contributed by atoms with van der Waals surface area (Å²) in [7, 11) is 1.65. The number of hydrogen-bond donors (Lipinski definition) is 1. The minimum Gasteiger partial charge on any atom is -0.497 e. The lowest BCUT2D eigenvalue weighted by molar-refractivity contribution is 0.414. The van der Waals surface area contributed by atoms with Gasteiger partial charge in [0.05, 0.1) is 12.8 Å². The van der Waals surface area contributed by atoms with Crippen LogP contribution < -0.4 is 10.1 Å². The van der Waals surface area contributed by atoms with Gasteiger partial charge in [-0.15, -0.1) is 0 Å². The molecule has 0 amide bonds. The molecular weight excluding hydrogens is 256 g/mol. The fourth-order valence-corrected chi connectivity index (χ4v) is 2.02. The van der Waals surface area contributed by atoms with Gasteiger partial charge in [0.25, 0.3) is 5.71 Å². The summed E-state index contributed by atoms with van der Waals surface area (Å²) < 4.78 is 10.3. The molecule has 0 aliphatic rings. The molecule has 0 fully saturated rings. The molecule has 0 bridgehead atoms. The Balaban J connectivity index is 1.84. The van der Waals surface area contributed by atoms with Crippen molar-refractivity contribution in [3.05, 3.63) is 41.9 Å². The Bertz CT molecular complexity index is 739. The van der Waals surface area contributed by atoms with E-state index in [1.54, 1.807) is 7.11 Å². The number of fused-ring (bicyclic) bond motifs is 1. The maximum atomic E-state index is 5.21. The van der Waals surface area contributed by atoms with Crippen LogP contribution in [0.2, 0.25) is 0 Å². The highest BCUT2D eigenvalue weighted by molar-refractivity contribution is 5.87. The number of rotatable bonds is 4. The summed E-state index contributed by atoms with van der Waals surface area (Å²) in [6.07, 6.45) is 1.46. The van der Waals surface area contributed by atoms with Crippen LogP contribution in [0.15, 0.2) is 35.1 Å². The Kier molecular flexibility index (Phi) is 3.20. The van der Waals surface area contributed by atoms with Gasteiger partial charge in [0, 0.05) is 6.54 Å². The van der Waals surface area contributed by atoms with Crippen molar-refractivity contribution in [2.45, 2.75) is 13.5 Å². The van der Waals surface area contributed by atoms with E-state index in [-0.39, 0.29) is 0 Å². The van der Waals surface area contributed by atoms with Gasteiger partial charge in [0.1, 0.15) is 23.3 Å². The van der Waals surface area contributed by atoms with Crippen LogP contribution in [-0.2, 0) is 6.54 Å². The van der Waals surface area contributed by atoms with Gasteiger partial charge in [-0.2, -0.15) is 4.98 Å². The maximum absolute atomic E-state index is 5.21. The van der Waals surface area contributed by atoms with Crippen LogP contribution in [0.5, 0.6) is 5.75 Å². The maximum Gasteiger partial charge on any atom is 0.263 e. The lowest BCUT2D eigenvalue weighted by Crippen LogP contribution is -2.02. The minimum atomic E-state index is 0.491. The van der Waals surface area contributed by atoms with Crippen LogP contribution in [0.4, 0.5) is 5.82 Å². The number of methoxy groups -OCH3 is 1. The first kappa shape index (κ1) is 12.4. The Morgan fingerprint density at radius 3 is 3.05 bits per heavy atom. The Morgan fingerprint density at radius 2 is 2.20 bits per heavy atom. The quantitative estimate of drug-likeness (QED) is 0.785. The van der Waals surface area contributed by atoms with Crippen molar-refractivity contribution < 1.29 is 9.26 Å². The van der Waals surface area contributed by atoms with Crippen molar-refractivity contribution >= 4 is 16.9 Å². The summed E-state index contributed by atoms with van der Waals surface area (Å²) in [5.74, 6) is 1.55. The van der Waals surface area contributed by atoms with Crippen molar-refractivity contribution in [1.29, 1.82) is 0 Å². The first-order chi connectivity index (χ1) is 9.78. The predicted molar refractivity (Wildman–Crippen MR) is 74.7 cm³/mol. The summed E-state index contributed by atoms with van der Waals surface area (Å²) in [5.41, 5.74) is 2.37. The molecule has 6 nitrogen and oxygen atoms in total. The number of ether oxygens (including phenoxy) is 1. The van der Waals surface area contributed by atoms with Gasteiger partial charge >= 0.3 is 0 Å². The number of hydrogen-bond acceptors (Lipinski definition) is 6. The van der Waals surface area contributed by atoms with Gasteiger partial charge in [-0.05, 0) is 24.6 Å². The van der Waals surface area contributed by atoms with Crippen LogP contribution in [0.3, 0.4) is 0 Å². The van der Waals surface area contributed by atoms with E-state index in [9.17, 15) is 0 Å². The van der Waals surface area contributed by atoms with E-state index >= 15 is 0 Å². The number of anilines is 1. The first-order valence-electron chi connectivity index (χ1n) is 6.21. The highest BCUT2D eigenvalue weighted by Gasteiger charge is 2.11. The predicted octanol–water partition coefficient (Wildman–Crippen LogP) is 2.55. The third-order valence-electron chi connectivity index (χ3n) is 3.04. The van der Waals surface area contributed by atoms with Crippen LogP contribution in [-0.4, -0.2) is 22.2 Å². The van der Waals surface area contributed by atoms with Crippen LogP contribution in [0.25, 0.3) is 11.1 Å². The summed E-state index contributed by atoms with van der Waals surface area (Å²) in [4.78, 5) is 8.29. The highest BCUT2D eigenvalue weighted by atomic mass is 16.5. The largest absolute Gasteiger partial charge is 0.497 e. The lowest BCUT2D eigenvalue weighted by atomic mass is 10.2. The molecule has 2 heterocycles. The molecular formula is C14H14N4O2. The molecule has 102 valence electrons. The van der Waals surface area contributed by atoms with Crippen molar-refractivity contribution in [3.8, 4) is 5.75 Å². The molecule has 0 saturated carbocycles. The van der Waals surface area contributed by atoms with Gasteiger partial charge < -0.3 is 14.6 Å². The Labute approximate surface area is 115 Å². The molecule has 6 heteroatoms.